The lowest BCUT2D eigenvalue weighted by Gasteiger charge is -1.95. The zero-order valence-electron chi connectivity index (χ0n) is 8.04. The Morgan fingerprint density at radius 3 is 3.00 bits per heavy atom. The fourth-order valence-electron chi connectivity index (χ4n) is 1.29. The Hall–Kier alpha value is -2.61. The zero-order valence-corrected chi connectivity index (χ0v) is 8.04. The predicted molar refractivity (Wildman–Crippen MR) is 55.1 cm³/mol. The quantitative estimate of drug-likeness (QED) is 0.556. The fourth-order valence-corrected chi connectivity index (χ4v) is 1.29. The summed E-state index contributed by atoms with van der Waals surface area (Å²) >= 11 is 0. The summed E-state index contributed by atoms with van der Waals surface area (Å²) in [7, 11) is 0. The van der Waals surface area contributed by atoms with Crippen LogP contribution in [-0.2, 0) is 4.79 Å². The first-order valence-corrected chi connectivity index (χ1v) is 4.38. The maximum atomic E-state index is 10.7. The molecule has 16 heavy (non-hydrogen) atoms. The van der Waals surface area contributed by atoms with Crippen molar-refractivity contribution in [2.45, 2.75) is 0 Å². The van der Waals surface area contributed by atoms with Gasteiger partial charge in [-0.3, -0.25) is 9.20 Å². The topological polar surface area (TPSA) is 71.7 Å². The van der Waals surface area contributed by atoms with Crippen LogP contribution in [0.15, 0.2) is 24.5 Å². The molecule has 0 aliphatic carbocycles. The van der Waals surface area contributed by atoms with Gasteiger partial charge in [0.25, 0.3) is 0 Å². The van der Waals surface area contributed by atoms with Gasteiger partial charge >= 0.3 is 5.97 Å². The SMILES string of the molecule is O=Cc1cnc2ccc(C#CC(=O)O)cn12. The number of imidazole rings is 1. The maximum Gasteiger partial charge on any atom is 0.382 e. The van der Waals surface area contributed by atoms with E-state index in [1.165, 1.54) is 6.20 Å². The highest BCUT2D eigenvalue weighted by atomic mass is 16.4. The van der Waals surface area contributed by atoms with Gasteiger partial charge in [-0.05, 0) is 12.1 Å². The third kappa shape index (κ3) is 1.77. The fraction of sp³-hybridized carbons (Fsp3) is 0. The van der Waals surface area contributed by atoms with Crippen molar-refractivity contribution in [2.24, 2.45) is 0 Å². The van der Waals surface area contributed by atoms with E-state index in [1.807, 2.05) is 5.92 Å². The van der Waals surface area contributed by atoms with Crippen molar-refractivity contribution in [2.75, 3.05) is 0 Å². The first kappa shape index (κ1) is 9.93. The lowest BCUT2D eigenvalue weighted by molar-refractivity contribution is -0.130. The minimum absolute atomic E-state index is 0.397. The molecule has 0 saturated heterocycles. The van der Waals surface area contributed by atoms with Crippen LogP contribution in [0.25, 0.3) is 5.65 Å². The van der Waals surface area contributed by atoms with E-state index in [0.29, 0.717) is 23.2 Å². The van der Waals surface area contributed by atoms with E-state index in [2.05, 4.69) is 10.9 Å². The lowest BCUT2D eigenvalue weighted by Crippen LogP contribution is -1.92. The van der Waals surface area contributed by atoms with Crippen molar-refractivity contribution in [3.63, 3.8) is 0 Å². The number of carbonyl (C=O) groups excluding carboxylic acids is 1. The number of aromatic nitrogens is 2. The number of hydrogen-bond donors (Lipinski definition) is 1. The summed E-state index contributed by atoms with van der Waals surface area (Å²) in [6.07, 6.45) is 3.69. The van der Waals surface area contributed by atoms with Crippen LogP contribution in [0, 0.1) is 11.8 Å². The Kier molecular flexibility index (Phi) is 2.40. The molecule has 0 aliphatic rings. The average Bonchev–Trinajstić information content (AvgIpc) is 2.68. The molecule has 0 fully saturated rings. The van der Waals surface area contributed by atoms with Crippen LogP contribution in [0.2, 0.25) is 0 Å². The molecule has 2 aromatic heterocycles. The predicted octanol–water partition coefficient (Wildman–Crippen LogP) is 0.583. The Balaban J connectivity index is 2.55. The third-order valence-electron chi connectivity index (χ3n) is 1.97. The van der Waals surface area contributed by atoms with Crippen molar-refractivity contribution in [3.05, 3.63) is 35.8 Å². The highest BCUT2D eigenvalue weighted by Gasteiger charge is 2.01. The van der Waals surface area contributed by atoms with Crippen LogP contribution in [0.1, 0.15) is 16.1 Å². The Morgan fingerprint density at radius 2 is 2.31 bits per heavy atom. The second-order valence-electron chi connectivity index (χ2n) is 3.00. The van der Waals surface area contributed by atoms with Crippen LogP contribution in [0.5, 0.6) is 0 Å². The number of aliphatic carboxylic acids is 1. The molecular weight excluding hydrogens is 208 g/mol. The molecule has 5 heteroatoms. The molecule has 5 nitrogen and oxygen atoms in total. The molecule has 0 unspecified atom stereocenters. The van der Waals surface area contributed by atoms with E-state index in [1.54, 1.807) is 22.7 Å². The lowest BCUT2D eigenvalue weighted by atomic mass is 10.3. The van der Waals surface area contributed by atoms with Crippen molar-refractivity contribution >= 4 is 17.9 Å². The van der Waals surface area contributed by atoms with E-state index in [-0.39, 0.29) is 0 Å². The molecule has 0 bridgehead atoms. The minimum atomic E-state index is -1.19. The normalized spacial score (nSPS) is 9.50. The summed E-state index contributed by atoms with van der Waals surface area (Å²) in [5.41, 5.74) is 1.52. The molecular formula is C11H6N2O3. The van der Waals surface area contributed by atoms with Gasteiger partial charge in [0.2, 0.25) is 0 Å². The number of pyridine rings is 1. The molecule has 0 aromatic carbocycles. The van der Waals surface area contributed by atoms with Gasteiger partial charge in [-0.25, -0.2) is 9.78 Å². The van der Waals surface area contributed by atoms with Crippen LogP contribution in [0.4, 0.5) is 0 Å². The average molecular weight is 214 g/mol. The summed E-state index contributed by atoms with van der Waals surface area (Å²) < 4.78 is 1.55. The van der Waals surface area contributed by atoms with Crippen molar-refractivity contribution in [1.82, 2.24) is 9.38 Å². The monoisotopic (exact) mass is 214 g/mol. The van der Waals surface area contributed by atoms with E-state index in [4.69, 9.17) is 5.11 Å². The first-order valence-electron chi connectivity index (χ1n) is 4.38. The maximum absolute atomic E-state index is 10.7. The minimum Gasteiger partial charge on any atom is -0.472 e. The Labute approximate surface area is 90.3 Å². The number of aldehydes is 1. The Bertz CT molecular complexity index is 631. The van der Waals surface area contributed by atoms with Gasteiger partial charge in [-0.15, -0.1) is 0 Å². The summed E-state index contributed by atoms with van der Waals surface area (Å²) in [6, 6.07) is 3.31. The smallest absolute Gasteiger partial charge is 0.382 e. The number of carbonyl (C=O) groups is 2. The molecule has 0 spiro atoms. The van der Waals surface area contributed by atoms with Crippen LogP contribution in [-0.4, -0.2) is 26.7 Å². The van der Waals surface area contributed by atoms with Gasteiger partial charge < -0.3 is 5.11 Å². The van der Waals surface area contributed by atoms with Crippen molar-refractivity contribution < 1.29 is 14.7 Å². The first-order chi connectivity index (χ1) is 7.70. The molecule has 0 atom stereocenters. The molecule has 2 heterocycles. The highest BCUT2D eigenvalue weighted by molar-refractivity contribution is 5.87. The molecule has 1 N–H and O–H groups in total. The van der Waals surface area contributed by atoms with Gasteiger partial charge in [0.1, 0.15) is 11.3 Å². The van der Waals surface area contributed by atoms with Gasteiger partial charge in [-0.2, -0.15) is 0 Å². The molecule has 2 rings (SSSR count). The van der Waals surface area contributed by atoms with Crippen LogP contribution < -0.4 is 0 Å². The molecule has 78 valence electrons. The highest BCUT2D eigenvalue weighted by Crippen LogP contribution is 2.06. The van der Waals surface area contributed by atoms with E-state index in [9.17, 15) is 9.59 Å². The molecule has 0 amide bonds. The number of hydrogen-bond acceptors (Lipinski definition) is 3. The van der Waals surface area contributed by atoms with E-state index >= 15 is 0 Å². The summed E-state index contributed by atoms with van der Waals surface area (Å²) in [5.74, 6) is 3.27. The number of carboxylic acid groups (broad SMARTS) is 1. The summed E-state index contributed by atoms with van der Waals surface area (Å²) in [5, 5.41) is 8.40. The zero-order chi connectivity index (χ0) is 11.5. The third-order valence-corrected chi connectivity index (χ3v) is 1.97. The standard InChI is InChI=1S/C11H6N2O3/c14-7-9-5-12-10-3-1-8(6-13(9)10)2-4-11(15)16/h1,3,5-7H,(H,15,16). The van der Waals surface area contributed by atoms with Gasteiger partial charge in [0, 0.05) is 17.7 Å². The van der Waals surface area contributed by atoms with Crippen molar-refractivity contribution in [3.8, 4) is 11.8 Å². The summed E-state index contributed by atoms with van der Waals surface area (Å²) in [4.78, 5) is 24.9. The number of carboxylic acids is 1. The molecule has 0 radical (unpaired) electrons. The largest absolute Gasteiger partial charge is 0.472 e. The van der Waals surface area contributed by atoms with E-state index < -0.39 is 5.97 Å². The molecule has 0 saturated carbocycles. The summed E-state index contributed by atoms with van der Waals surface area (Å²) in [6.45, 7) is 0. The second kappa shape index (κ2) is 3.87. The van der Waals surface area contributed by atoms with Gasteiger partial charge in [-0.1, -0.05) is 5.92 Å². The Morgan fingerprint density at radius 1 is 1.50 bits per heavy atom. The van der Waals surface area contributed by atoms with Crippen molar-refractivity contribution in [1.29, 1.82) is 0 Å². The number of fused-ring (bicyclic) bond motifs is 1. The van der Waals surface area contributed by atoms with Crippen LogP contribution >= 0.6 is 0 Å². The van der Waals surface area contributed by atoms with E-state index in [0.717, 1.165) is 0 Å². The molecule has 2 aromatic rings. The number of rotatable bonds is 1. The second-order valence-corrected chi connectivity index (χ2v) is 3.00. The van der Waals surface area contributed by atoms with Gasteiger partial charge in [0.15, 0.2) is 6.29 Å². The number of nitrogens with zero attached hydrogens (tertiary/aromatic N) is 2. The molecule has 0 aliphatic heterocycles. The van der Waals surface area contributed by atoms with Gasteiger partial charge in [0.05, 0.1) is 6.20 Å². The van der Waals surface area contributed by atoms with Crippen LogP contribution in [0.3, 0.4) is 0 Å².